The molecule has 0 bridgehead atoms. The van der Waals surface area contributed by atoms with Gasteiger partial charge in [0.05, 0.1) is 5.92 Å². The Bertz CT molecular complexity index is 384. The summed E-state index contributed by atoms with van der Waals surface area (Å²) in [6, 6.07) is 7.56. The van der Waals surface area contributed by atoms with Crippen LogP contribution in [0.4, 0.5) is 0 Å². The van der Waals surface area contributed by atoms with Crippen molar-refractivity contribution in [3.63, 3.8) is 0 Å². The van der Waals surface area contributed by atoms with Gasteiger partial charge in [0, 0.05) is 11.6 Å². The predicted molar refractivity (Wildman–Crippen MR) is 70.5 cm³/mol. The van der Waals surface area contributed by atoms with Crippen LogP contribution in [0.15, 0.2) is 24.3 Å². The number of carbonyl (C=O) groups is 1. The van der Waals surface area contributed by atoms with E-state index >= 15 is 0 Å². The fourth-order valence-corrected chi connectivity index (χ4v) is 2.07. The Morgan fingerprint density at radius 1 is 1.41 bits per heavy atom. The number of nitrogens with one attached hydrogen (secondary N) is 1. The molecule has 0 heterocycles. The molecule has 0 amide bonds. The van der Waals surface area contributed by atoms with E-state index in [1.165, 1.54) is 12.8 Å². The van der Waals surface area contributed by atoms with Gasteiger partial charge >= 0.3 is 0 Å². The number of carbonyl (C=O) groups excluding carboxylic acids is 1. The molecule has 17 heavy (non-hydrogen) atoms. The third-order valence-corrected chi connectivity index (χ3v) is 3.49. The molecular formula is C14H18ClNO. The Morgan fingerprint density at radius 2 is 2.06 bits per heavy atom. The summed E-state index contributed by atoms with van der Waals surface area (Å²) in [5.74, 6) is 0.995. The van der Waals surface area contributed by atoms with Crippen molar-refractivity contribution in [2.45, 2.75) is 25.7 Å². The largest absolute Gasteiger partial charge is 0.315 e. The summed E-state index contributed by atoms with van der Waals surface area (Å²) >= 11 is 5.85. The molecule has 1 aliphatic carbocycles. The molecule has 2 nitrogen and oxygen atoms in total. The van der Waals surface area contributed by atoms with E-state index in [0.717, 1.165) is 24.6 Å². The van der Waals surface area contributed by atoms with E-state index in [2.05, 4.69) is 5.32 Å². The summed E-state index contributed by atoms with van der Waals surface area (Å²) in [5.41, 5.74) is 1.05. The van der Waals surface area contributed by atoms with Gasteiger partial charge in [-0.1, -0.05) is 23.7 Å². The first kappa shape index (κ1) is 12.6. The molecule has 1 aromatic rings. The van der Waals surface area contributed by atoms with Gasteiger partial charge in [-0.25, -0.2) is 0 Å². The van der Waals surface area contributed by atoms with Crippen molar-refractivity contribution in [2.24, 2.45) is 5.92 Å². The standard InChI is InChI=1S/C14H18ClNO/c1-10(17)14(9-16-8-11-2-3-11)12-4-6-13(15)7-5-12/h4-7,11,14,16H,2-3,8-9H2,1H3. The number of rotatable bonds is 6. The highest BCUT2D eigenvalue weighted by Gasteiger charge is 2.22. The van der Waals surface area contributed by atoms with E-state index in [0.29, 0.717) is 5.02 Å². The third-order valence-electron chi connectivity index (χ3n) is 3.24. The van der Waals surface area contributed by atoms with E-state index in [4.69, 9.17) is 11.6 Å². The molecule has 3 heteroatoms. The van der Waals surface area contributed by atoms with Gasteiger partial charge in [0.25, 0.3) is 0 Å². The van der Waals surface area contributed by atoms with Gasteiger partial charge in [-0.2, -0.15) is 0 Å². The Morgan fingerprint density at radius 3 is 2.59 bits per heavy atom. The van der Waals surface area contributed by atoms with Gasteiger partial charge in [0.1, 0.15) is 5.78 Å². The lowest BCUT2D eigenvalue weighted by Crippen LogP contribution is -2.27. The molecule has 1 saturated carbocycles. The maximum atomic E-state index is 11.6. The number of ketones is 1. The maximum absolute atomic E-state index is 11.6. The van der Waals surface area contributed by atoms with Crippen LogP contribution in [0.1, 0.15) is 31.2 Å². The molecule has 0 aliphatic heterocycles. The number of Topliss-reactive ketones (excluding diaryl/α,β-unsaturated/α-hetero) is 1. The maximum Gasteiger partial charge on any atom is 0.138 e. The predicted octanol–water partition coefficient (Wildman–Crippen LogP) is 3.01. The third kappa shape index (κ3) is 3.83. The summed E-state index contributed by atoms with van der Waals surface area (Å²) in [7, 11) is 0. The summed E-state index contributed by atoms with van der Waals surface area (Å²) in [5, 5.41) is 4.10. The topological polar surface area (TPSA) is 29.1 Å². The lowest BCUT2D eigenvalue weighted by atomic mass is 9.95. The van der Waals surface area contributed by atoms with Crippen molar-refractivity contribution < 1.29 is 4.79 Å². The fourth-order valence-electron chi connectivity index (χ4n) is 1.95. The minimum absolute atomic E-state index is 0.0500. The summed E-state index contributed by atoms with van der Waals surface area (Å²) in [6.45, 7) is 3.42. The molecule has 92 valence electrons. The van der Waals surface area contributed by atoms with E-state index in [1.54, 1.807) is 6.92 Å². The van der Waals surface area contributed by atoms with Crippen LogP contribution in [0, 0.1) is 5.92 Å². The SMILES string of the molecule is CC(=O)C(CNCC1CC1)c1ccc(Cl)cc1. The van der Waals surface area contributed by atoms with E-state index < -0.39 is 0 Å². The van der Waals surface area contributed by atoms with Gasteiger partial charge in [-0.15, -0.1) is 0 Å². The summed E-state index contributed by atoms with van der Waals surface area (Å²) < 4.78 is 0. The molecular weight excluding hydrogens is 234 g/mol. The summed E-state index contributed by atoms with van der Waals surface area (Å²) in [4.78, 5) is 11.6. The monoisotopic (exact) mass is 251 g/mol. The molecule has 1 aromatic carbocycles. The van der Waals surface area contributed by atoms with Crippen molar-refractivity contribution in [1.29, 1.82) is 0 Å². The van der Waals surface area contributed by atoms with Crippen molar-refractivity contribution in [2.75, 3.05) is 13.1 Å². The minimum Gasteiger partial charge on any atom is -0.315 e. The second-order valence-electron chi connectivity index (χ2n) is 4.82. The second-order valence-corrected chi connectivity index (χ2v) is 5.25. The number of benzene rings is 1. The molecule has 0 aromatic heterocycles. The highest BCUT2D eigenvalue weighted by atomic mass is 35.5. The first-order valence-corrected chi connectivity index (χ1v) is 6.51. The first-order valence-electron chi connectivity index (χ1n) is 6.13. The van der Waals surface area contributed by atoms with Gasteiger partial charge in [-0.05, 0) is 49.9 Å². The average Bonchev–Trinajstić information content (AvgIpc) is 3.09. The Balaban J connectivity index is 1.95. The second kappa shape index (κ2) is 5.65. The molecule has 0 radical (unpaired) electrons. The van der Waals surface area contributed by atoms with Crippen LogP contribution in [0.5, 0.6) is 0 Å². The normalized spacial score (nSPS) is 16.8. The van der Waals surface area contributed by atoms with E-state index in [-0.39, 0.29) is 11.7 Å². The zero-order chi connectivity index (χ0) is 12.3. The molecule has 1 atom stereocenters. The van der Waals surface area contributed by atoms with Crippen molar-refractivity contribution >= 4 is 17.4 Å². The van der Waals surface area contributed by atoms with Gasteiger partial charge in [-0.3, -0.25) is 4.79 Å². The van der Waals surface area contributed by atoms with Crippen LogP contribution in [0.2, 0.25) is 5.02 Å². The van der Waals surface area contributed by atoms with E-state index in [9.17, 15) is 4.79 Å². The Hall–Kier alpha value is -0.860. The lowest BCUT2D eigenvalue weighted by molar-refractivity contribution is -0.118. The lowest BCUT2D eigenvalue weighted by Gasteiger charge is -2.15. The number of hydrogen-bond acceptors (Lipinski definition) is 2. The van der Waals surface area contributed by atoms with Crippen LogP contribution in [0.3, 0.4) is 0 Å². The van der Waals surface area contributed by atoms with E-state index in [1.807, 2.05) is 24.3 Å². The molecule has 1 N–H and O–H groups in total. The van der Waals surface area contributed by atoms with Crippen molar-refractivity contribution in [3.8, 4) is 0 Å². The van der Waals surface area contributed by atoms with Crippen LogP contribution < -0.4 is 5.32 Å². The zero-order valence-corrected chi connectivity index (χ0v) is 10.8. The molecule has 0 spiro atoms. The van der Waals surface area contributed by atoms with Crippen molar-refractivity contribution in [1.82, 2.24) is 5.32 Å². The smallest absolute Gasteiger partial charge is 0.138 e. The van der Waals surface area contributed by atoms with Crippen LogP contribution in [0.25, 0.3) is 0 Å². The molecule has 1 fully saturated rings. The quantitative estimate of drug-likeness (QED) is 0.842. The van der Waals surface area contributed by atoms with Gasteiger partial charge < -0.3 is 5.32 Å². The first-order chi connectivity index (χ1) is 8.16. The zero-order valence-electron chi connectivity index (χ0n) is 10.1. The van der Waals surface area contributed by atoms with Gasteiger partial charge in [0.15, 0.2) is 0 Å². The molecule has 0 saturated heterocycles. The minimum atomic E-state index is -0.0500. The Kier molecular flexibility index (Phi) is 4.19. The summed E-state index contributed by atoms with van der Waals surface area (Å²) in [6.07, 6.45) is 2.66. The molecule has 1 unspecified atom stereocenters. The van der Waals surface area contributed by atoms with Crippen LogP contribution in [-0.4, -0.2) is 18.9 Å². The molecule has 2 rings (SSSR count). The highest BCUT2D eigenvalue weighted by molar-refractivity contribution is 6.30. The fraction of sp³-hybridized carbons (Fsp3) is 0.500. The average molecular weight is 252 g/mol. The van der Waals surface area contributed by atoms with Crippen LogP contribution in [-0.2, 0) is 4.79 Å². The van der Waals surface area contributed by atoms with Crippen molar-refractivity contribution in [3.05, 3.63) is 34.9 Å². The highest BCUT2D eigenvalue weighted by Crippen LogP contribution is 2.28. The van der Waals surface area contributed by atoms with Gasteiger partial charge in [0.2, 0.25) is 0 Å². The number of hydrogen-bond donors (Lipinski definition) is 1. The van der Waals surface area contributed by atoms with Crippen LogP contribution >= 0.6 is 11.6 Å². The number of halogens is 1. The molecule has 1 aliphatic rings. The Labute approximate surface area is 107 Å².